The molecule has 0 spiro atoms. The van der Waals surface area contributed by atoms with Crippen molar-refractivity contribution in [2.24, 2.45) is 5.11 Å². The Morgan fingerprint density at radius 3 is 1.58 bits per heavy atom. The maximum Gasteiger partial charge on any atom is 0.252 e. The number of hydrogen-bond acceptors (Lipinski definition) is 2. The van der Waals surface area contributed by atoms with Gasteiger partial charge in [-0.1, -0.05) is 190 Å². The first-order valence-corrected chi connectivity index (χ1v) is 22.6. The third-order valence-corrected chi connectivity index (χ3v) is 13.5. The summed E-state index contributed by atoms with van der Waals surface area (Å²) in [6.45, 7) is 4.73. The Bertz CT molecular complexity index is 3490. The predicted octanol–water partition coefficient (Wildman–Crippen LogP) is 14.9. The summed E-state index contributed by atoms with van der Waals surface area (Å²) in [6.07, 6.45) is 0. The van der Waals surface area contributed by atoms with Crippen LogP contribution < -0.4 is 14.6 Å². The van der Waals surface area contributed by atoms with Gasteiger partial charge in [-0.05, 0) is 125 Å². The summed E-state index contributed by atoms with van der Waals surface area (Å²) in [4.78, 5) is 2.47. The second-order valence-electron chi connectivity index (χ2n) is 17.8. The van der Waals surface area contributed by atoms with Crippen molar-refractivity contribution in [2.75, 3.05) is 4.90 Å². The molecule has 2 aliphatic rings. The lowest BCUT2D eigenvalue weighted by Gasteiger charge is -2.29. The molecule has 308 valence electrons. The Morgan fingerprint density at radius 1 is 0.415 bits per heavy atom. The van der Waals surface area contributed by atoms with Crippen molar-refractivity contribution in [2.45, 2.75) is 25.3 Å². The van der Waals surface area contributed by atoms with Crippen LogP contribution >= 0.6 is 0 Å². The third kappa shape index (κ3) is 6.59. The number of rotatable bonds is 8. The smallest absolute Gasteiger partial charge is 0.252 e. The van der Waals surface area contributed by atoms with Gasteiger partial charge in [0, 0.05) is 34.1 Å². The first-order valence-electron chi connectivity index (χ1n) is 22.6. The van der Waals surface area contributed by atoms with Gasteiger partial charge in [0.1, 0.15) is 0 Å². The van der Waals surface area contributed by atoms with Crippen LogP contribution in [0.1, 0.15) is 42.1 Å². The molecule has 1 atom stereocenters. The van der Waals surface area contributed by atoms with E-state index in [1.54, 1.807) is 0 Å². The van der Waals surface area contributed by atoms with Gasteiger partial charge in [0.15, 0.2) is 6.04 Å². The van der Waals surface area contributed by atoms with E-state index in [1.807, 2.05) is 0 Å². The van der Waals surface area contributed by atoms with Crippen molar-refractivity contribution in [3.63, 3.8) is 0 Å². The SMILES string of the molecule is CC1(C)c2ccccc2-c2ccc(N(c3cc(-c4ccccc4)cc(-c4ccccc4)c3)c3ccc4cc(-c5ccccc5)[n+]5c(c4c3)=C(c3ccccc3)C(c3ccccc3)N=5)cc21. The van der Waals surface area contributed by atoms with Gasteiger partial charge >= 0.3 is 0 Å². The molecule has 1 aliphatic carbocycles. The Kier molecular flexibility index (Phi) is 9.24. The van der Waals surface area contributed by atoms with Crippen LogP contribution in [0.25, 0.3) is 61.0 Å². The highest BCUT2D eigenvalue weighted by molar-refractivity contribution is 5.95. The highest BCUT2D eigenvalue weighted by Crippen LogP contribution is 2.51. The van der Waals surface area contributed by atoms with Crippen molar-refractivity contribution in [1.29, 1.82) is 0 Å². The molecular formula is C62H46N3+. The number of aromatic nitrogens is 1. The van der Waals surface area contributed by atoms with Crippen LogP contribution in [0.2, 0.25) is 0 Å². The zero-order chi connectivity index (χ0) is 43.5. The molecule has 0 N–H and O–H groups in total. The lowest BCUT2D eigenvalue weighted by Crippen LogP contribution is -2.38. The molecule has 1 unspecified atom stereocenters. The van der Waals surface area contributed by atoms with Gasteiger partial charge in [-0.25, -0.2) is 0 Å². The Morgan fingerprint density at radius 2 is 0.938 bits per heavy atom. The molecular weight excluding hydrogens is 787 g/mol. The highest BCUT2D eigenvalue weighted by atomic mass is 15.2. The standard InChI is InChI=1S/C62H46N3/c1-62(2)56-31-19-18-30-53(56)54-35-34-51(41-57(54)62)64(52-37-48(42-20-8-3-9-21-42)36-49(38-52)43-22-10-4-11-23-43)50-33-32-47-39-58(44-24-12-5-13-25-44)65-61(55(47)40-50)59(45-26-14-6-15-27-45)60(63-65)46-28-16-7-17-29-46/h3-41,60H,1-2H3/q+1. The third-order valence-electron chi connectivity index (χ3n) is 13.5. The maximum absolute atomic E-state index is 5.63. The van der Waals surface area contributed by atoms with Crippen LogP contribution in [0.15, 0.2) is 242 Å². The van der Waals surface area contributed by atoms with E-state index in [2.05, 4.69) is 260 Å². The topological polar surface area (TPSA) is 21.5 Å². The van der Waals surface area contributed by atoms with Crippen LogP contribution in [-0.4, -0.2) is 0 Å². The summed E-state index contributed by atoms with van der Waals surface area (Å²) in [5.41, 5.74) is 18.8. The second kappa shape index (κ2) is 15.6. The van der Waals surface area contributed by atoms with Crippen LogP contribution in [0.3, 0.4) is 0 Å². The quantitative estimate of drug-likeness (QED) is 0.140. The fourth-order valence-corrected chi connectivity index (χ4v) is 10.3. The molecule has 1 aliphatic heterocycles. The molecule has 3 nitrogen and oxygen atoms in total. The summed E-state index contributed by atoms with van der Waals surface area (Å²) in [5.74, 6) is 0. The lowest BCUT2D eigenvalue weighted by atomic mass is 9.82. The van der Waals surface area contributed by atoms with Gasteiger partial charge in [-0.15, -0.1) is 0 Å². The fourth-order valence-electron chi connectivity index (χ4n) is 10.3. The van der Waals surface area contributed by atoms with E-state index in [0.717, 1.165) is 66.7 Å². The summed E-state index contributed by atoms with van der Waals surface area (Å²) in [6, 6.07) is 86.0. The predicted molar refractivity (Wildman–Crippen MR) is 268 cm³/mol. The normalized spacial score (nSPS) is 14.4. The Labute approximate surface area is 380 Å². The van der Waals surface area contributed by atoms with Gasteiger partial charge < -0.3 is 4.90 Å². The van der Waals surface area contributed by atoms with Gasteiger partial charge in [-0.3, -0.25) is 0 Å². The molecule has 1 aromatic heterocycles. The molecule has 0 fully saturated rings. The molecule has 12 rings (SSSR count). The van der Waals surface area contributed by atoms with Crippen LogP contribution in [0.4, 0.5) is 17.1 Å². The van der Waals surface area contributed by atoms with E-state index in [9.17, 15) is 0 Å². The summed E-state index contributed by atoms with van der Waals surface area (Å²) < 4.78 is 2.23. The van der Waals surface area contributed by atoms with E-state index in [-0.39, 0.29) is 11.5 Å². The number of fused-ring (bicyclic) bond motifs is 6. The number of benzene rings is 9. The average Bonchev–Trinajstić information content (AvgIpc) is 3.88. The first kappa shape index (κ1) is 38.5. The minimum Gasteiger partial charge on any atom is -0.310 e. The largest absolute Gasteiger partial charge is 0.310 e. The fraction of sp³-hybridized carbons (Fsp3) is 0.0645. The average molecular weight is 833 g/mol. The second-order valence-corrected chi connectivity index (χ2v) is 17.8. The van der Waals surface area contributed by atoms with E-state index in [4.69, 9.17) is 5.11 Å². The molecule has 0 saturated carbocycles. The molecule has 9 aromatic carbocycles. The molecule has 0 saturated heterocycles. The number of nitrogens with zero attached hydrogens (tertiary/aromatic N) is 3. The van der Waals surface area contributed by atoms with E-state index >= 15 is 0 Å². The van der Waals surface area contributed by atoms with Gasteiger partial charge in [0.25, 0.3) is 5.35 Å². The van der Waals surface area contributed by atoms with Crippen molar-refractivity contribution >= 4 is 33.4 Å². The van der Waals surface area contributed by atoms with Crippen LogP contribution in [0, 0.1) is 0 Å². The molecule has 0 radical (unpaired) electrons. The summed E-state index contributed by atoms with van der Waals surface area (Å²) >= 11 is 0. The monoisotopic (exact) mass is 832 g/mol. The Hall–Kier alpha value is -8.14. The van der Waals surface area contributed by atoms with Crippen molar-refractivity contribution in [1.82, 2.24) is 0 Å². The summed E-state index contributed by atoms with van der Waals surface area (Å²) in [5, 5.41) is 9.04. The zero-order valence-electron chi connectivity index (χ0n) is 36.4. The molecule has 3 heteroatoms. The van der Waals surface area contributed by atoms with Crippen molar-refractivity contribution < 1.29 is 4.36 Å². The maximum atomic E-state index is 5.63. The zero-order valence-corrected chi connectivity index (χ0v) is 36.4. The lowest BCUT2D eigenvalue weighted by molar-refractivity contribution is -0.546. The number of pyridine rings is 1. The molecule has 65 heavy (non-hydrogen) atoms. The van der Waals surface area contributed by atoms with Crippen molar-refractivity contribution in [3.05, 3.63) is 264 Å². The van der Waals surface area contributed by atoms with Crippen LogP contribution in [0.5, 0.6) is 0 Å². The molecule has 0 bridgehead atoms. The minimum atomic E-state index is -0.206. The highest BCUT2D eigenvalue weighted by Gasteiger charge is 2.37. The summed E-state index contributed by atoms with van der Waals surface area (Å²) in [7, 11) is 0. The van der Waals surface area contributed by atoms with E-state index in [0.29, 0.717) is 0 Å². The van der Waals surface area contributed by atoms with Gasteiger partial charge in [0.2, 0.25) is 5.69 Å². The number of hydrogen-bond donors (Lipinski definition) is 0. The Balaban J connectivity index is 1.17. The van der Waals surface area contributed by atoms with Crippen LogP contribution in [-0.2, 0) is 5.41 Å². The molecule has 10 aromatic rings. The minimum absolute atomic E-state index is 0.170. The van der Waals surface area contributed by atoms with Gasteiger partial charge in [0.05, 0.1) is 11.0 Å². The van der Waals surface area contributed by atoms with Gasteiger partial charge in [-0.2, -0.15) is 0 Å². The van der Waals surface area contributed by atoms with E-state index < -0.39 is 0 Å². The molecule has 2 heterocycles. The molecule has 0 amide bonds. The van der Waals surface area contributed by atoms with Crippen molar-refractivity contribution in [3.8, 4) is 44.6 Å². The number of anilines is 3. The first-order chi connectivity index (χ1) is 32.0. The van der Waals surface area contributed by atoms with E-state index in [1.165, 1.54) is 39.0 Å².